The van der Waals surface area contributed by atoms with E-state index in [-0.39, 0.29) is 0 Å². The third-order valence-electron chi connectivity index (χ3n) is 3.81. The molecule has 0 saturated carbocycles. The topological polar surface area (TPSA) is 12.5 Å². The van der Waals surface area contributed by atoms with Gasteiger partial charge in [0.2, 0.25) is 0 Å². The van der Waals surface area contributed by atoms with E-state index in [4.69, 9.17) is 4.74 Å². The Hall–Kier alpha value is -3.00. The fourth-order valence-electron chi connectivity index (χ4n) is 2.76. The van der Waals surface area contributed by atoms with Crippen LogP contribution in [0.1, 0.15) is 5.56 Å². The molecule has 0 spiro atoms. The van der Waals surface area contributed by atoms with Crippen molar-refractivity contribution in [2.45, 2.75) is 0 Å². The van der Waals surface area contributed by atoms with Gasteiger partial charge < -0.3 is 9.64 Å². The van der Waals surface area contributed by atoms with Crippen molar-refractivity contribution in [3.8, 4) is 11.5 Å². The van der Waals surface area contributed by atoms with E-state index in [0.717, 1.165) is 34.1 Å². The second-order valence-corrected chi connectivity index (χ2v) is 5.19. The summed E-state index contributed by atoms with van der Waals surface area (Å²) in [5.74, 6) is 1.69. The van der Waals surface area contributed by atoms with E-state index < -0.39 is 0 Å². The predicted molar refractivity (Wildman–Crippen MR) is 90.6 cm³/mol. The first-order chi connectivity index (χ1) is 10.8. The molecule has 0 aromatic heterocycles. The Kier molecular flexibility index (Phi) is 2.94. The lowest BCUT2D eigenvalue weighted by Crippen LogP contribution is -2.19. The van der Waals surface area contributed by atoms with Gasteiger partial charge in [-0.1, -0.05) is 61.2 Å². The van der Waals surface area contributed by atoms with E-state index >= 15 is 0 Å². The van der Waals surface area contributed by atoms with Gasteiger partial charge in [-0.3, -0.25) is 0 Å². The van der Waals surface area contributed by atoms with Crippen LogP contribution in [-0.4, -0.2) is 0 Å². The number of rotatable bonds is 2. The molecule has 1 heterocycles. The summed E-state index contributed by atoms with van der Waals surface area (Å²) in [6.07, 6.45) is 0. The van der Waals surface area contributed by atoms with Crippen molar-refractivity contribution in [3.63, 3.8) is 0 Å². The van der Waals surface area contributed by atoms with Crippen LogP contribution >= 0.6 is 0 Å². The van der Waals surface area contributed by atoms with E-state index in [1.165, 1.54) is 0 Å². The molecular weight excluding hydrogens is 270 g/mol. The maximum absolute atomic E-state index is 6.01. The zero-order valence-electron chi connectivity index (χ0n) is 12.1. The maximum Gasteiger partial charge on any atom is 0.151 e. The Morgan fingerprint density at radius 3 is 1.77 bits per heavy atom. The SMILES string of the molecule is C=C(c1ccccc1)N1c2ccccc2Oc2ccccc21. The monoisotopic (exact) mass is 285 g/mol. The van der Waals surface area contributed by atoms with Crippen LogP contribution < -0.4 is 9.64 Å². The second-order valence-electron chi connectivity index (χ2n) is 5.19. The molecule has 0 radical (unpaired) electrons. The molecule has 0 bridgehead atoms. The zero-order chi connectivity index (χ0) is 14.9. The molecule has 0 atom stereocenters. The molecule has 3 aromatic carbocycles. The van der Waals surface area contributed by atoms with Gasteiger partial charge in [0.05, 0.1) is 11.4 Å². The third kappa shape index (κ3) is 1.97. The highest BCUT2D eigenvalue weighted by atomic mass is 16.5. The van der Waals surface area contributed by atoms with Crippen molar-refractivity contribution >= 4 is 17.1 Å². The van der Waals surface area contributed by atoms with Crippen molar-refractivity contribution in [3.05, 3.63) is 91.0 Å². The molecule has 1 aliphatic rings. The molecular formula is C20H15NO. The van der Waals surface area contributed by atoms with Crippen LogP contribution in [0, 0.1) is 0 Å². The van der Waals surface area contributed by atoms with Crippen molar-refractivity contribution in [2.75, 3.05) is 4.90 Å². The van der Waals surface area contributed by atoms with Crippen molar-refractivity contribution in [1.82, 2.24) is 0 Å². The lowest BCUT2D eigenvalue weighted by atomic mass is 10.1. The Morgan fingerprint density at radius 1 is 0.682 bits per heavy atom. The van der Waals surface area contributed by atoms with E-state index in [0.29, 0.717) is 0 Å². The number of ether oxygens (including phenoxy) is 1. The van der Waals surface area contributed by atoms with Crippen LogP contribution in [0.5, 0.6) is 11.5 Å². The average molecular weight is 285 g/mol. The highest BCUT2D eigenvalue weighted by Gasteiger charge is 2.26. The van der Waals surface area contributed by atoms with Crippen LogP contribution in [0.4, 0.5) is 11.4 Å². The summed E-state index contributed by atoms with van der Waals surface area (Å²) in [5.41, 5.74) is 4.04. The van der Waals surface area contributed by atoms with Crippen molar-refractivity contribution in [2.24, 2.45) is 0 Å². The molecule has 2 nitrogen and oxygen atoms in total. The number of benzene rings is 3. The van der Waals surface area contributed by atoms with E-state index in [9.17, 15) is 0 Å². The fraction of sp³-hybridized carbons (Fsp3) is 0. The van der Waals surface area contributed by atoms with Gasteiger partial charge in [0.15, 0.2) is 11.5 Å². The Bertz CT molecular complexity index is 794. The lowest BCUT2D eigenvalue weighted by molar-refractivity contribution is 0.477. The minimum absolute atomic E-state index is 0.846. The highest BCUT2D eigenvalue weighted by Crippen LogP contribution is 2.49. The number of anilines is 2. The molecule has 22 heavy (non-hydrogen) atoms. The van der Waals surface area contributed by atoms with Crippen LogP contribution in [0.3, 0.4) is 0 Å². The van der Waals surface area contributed by atoms with E-state index in [1.807, 2.05) is 54.6 Å². The summed E-state index contributed by atoms with van der Waals surface area (Å²) in [6, 6.07) is 26.3. The summed E-state index contributed by atoms with van der Waals surface area (Å²) in [6.45, 7) is 4.32. The average Bonchev–Trinajstić information content (AvgIpc) is 2.60. The summed E-state index contributed by atoms with van der Waals surface area (Å²) in [5, 5.41) is 0. The molecule has 3 aromatic rings. The molecule has 4 rings (SSSR count). The smallest absolute Gasteiger partial charge is 0.151 e. The molecule has 0 aliphatic carbocycles. The number of nitrogens with zero attached hydrogens (tertiary/aromatic N) is 1. The molecule has 0 amide bonds. The largest absolute Gasteiger partial charge is 0.453 e. The standard InChI is InChI=1S/C20H15NO/c1-15(16-9-3-2-4-10-16)21-17-11-5-7-13-19(17)22-20-14-8-6-12-18(20)21/h2-14H,1H2. The Balaban J connectivity index is 1.90. The van der Waals surface area contributed by atoms with Crippen LogP contribution in [0.25, 0.3) is 5.70 Å². The predicted octanol–water partition coefficient (Wildman–Crippen LogP) is 5.60. The number of para-hydroxylation sites is 4. The summed E-state index contributed by atoms with van der Waals surface area (Å²) in [4.78, 5) is 2.16. The number of fused-ring (bicyclic) bond motifs is 2. The highest BCUT2D eigenvalue weighted by molar-refractivity contribution is 5.92. The number of hydrogen-bond acceptors (Lipinski definition) is 2. The van der Waals surface area contributed by atoms with E-state index in [2.05, 4.69) is 35.7 Å². The molecule has 0 unspecified atom stereocenters. The van der Waals surface area contributed by atoms with Crippen molar-refractivity contribution in [1.29, 1.82) is 0 Å². The third-order valence-corrected chi connectivity index (χ3v) is 3.81. The second kappa shape index (κ2) is 5.08. The molecule has 106 valence electrons. The fourth-order valence-corrected chi connectivity index (χ4v) is 2.76. The Labute approximate surface area is 129 Å². The molecule has 2 heteroatoms. The van der Waals surface area contributed by atoms with Gasteiger partial charge >= 0.3 is 0 Å². The van der Waals surface area contributed by atoms with Gasteiger partial charge in [-0.25, -0.2) is 0 Å². The summed E-state index contributed by atoms with van der Waals surface area (Å²) >= 11 is 0. The van der Waals surface area contributed by atoms with Gasteiger partial charge in [0.1, 0.15) is 0 Å². The van der Waals surface area contributed by atoms with Gasteiger partial charge in [-0.15, -0.1) is 0 Å². The van der Waals surface area contributed by atoms with Gasteiger partial charge in [-0.2, -0.15) is 0 Å². The first kappa shape index (κ1) is 12.7. The van der Waals surface area contributed by atoms with Gasteiger partial charge in [0, 0.05) is 5.70 Å². The van der Waals surface area contributed by atoms with Crippen molar-refractivity contribution < 1.29 is 4.74 Å². The Morgan fingerprint density at radius 2 is 1.18 bits per heavy atom. The normalized spacial score (nSPS) is 12.1. The molecule has 0 fully saturated rings. The minimum Gasteiger partial charge on any atom is -0.453 e. The molecule has 0 saturated heterocycles. The van der Waals surface area contributed by atoms with Crippen LogP contribution in [0.2, 0.25) is 0 Å². The van der Waals surface area contributed by atoms with E-state index in [1.54, 1.807) is 0 Å². The van der Waals surface area contributed by atoms with Gasteiger partial charge in [0.25, 0.3) is 0 Å². The molecule has 1 aliphatic heterocycles. The maximum atomic E-state index is 6.01. The first-order valence-corrected chi connectivity index (χ1v) is 7.25. The number of hydrogen-bond donors (Lipinski definition) is 0. The van der Waals surface area contributed by atoms with Gasteiger partial charge in [-0.05, 0) is 29.8 Å². The zero-order valence-corrected chi connectivity index (χ0v) is 12.1. The minimum atomic E-state index is 0.846. The summed E-state index contributed by atoms with van der Waals surface area (Å²) in [7, 11) is 0. The first-order valence-electron chi connectivity index (χ1n) is 7.25. The van der Waals surface area contributed by atoms with Crippen LogP contribution in [0.15, 0.2) is 85.4 Å². The lowest BCUT2D eigenvalue weighted by Gasteiger charge is -2.34. The summed E-state index contributed by atoms with van der Waals surface area (Å²) < 4.78 is 6.01. The quantitative estimate of drug-likeness (QED) is 0.607. The molecule has 0 N–H and O–H groups in total. The van der Waals surface area contributed by atoms with Crippen LogP contribution in [-0.2, 0) is 0 Å².